The van der Waals surface area contributed by atoms with Gasteiger partial charge in [-0.15, -0.1) is 0 Å². The van der Waals surface area contributed by atoms with E-state index in [-0.39, 0.29) is 5.82 Å². The fraction of sp³-hybridized carbons (Fsp3) is 0.200. The van der Waals surface area contributed by atoms with E-state index < -0.39 is 0 Å². The first-order chi connectivity index (χ1) is 8.72. The Kier molecular flexibility index (Phi) is 3.08. The molecule has 0 radical (unpaired) electrons. The van der Waals surface area contributed by atoms with Gasteiger partial charge in [0, 0.05) is 16.2 Å². The predicted octanol–water partition coefficient (Wildman–Crippen LogP) is 4.17. The molecule has 1 unspecified atom stereocenters. The van der Waals surface area contributed by atoms with Gasteiger partial charge in [-0.2, -0.15) is 0 Å². The van der Waals surface area contributed by atoms with E-state index in [1.54, 1.807) is 12.1 Å². The monoisotopic (exact) mass is 305 g/mol. The van der Waals surface area contributed by atoms with Gasteiger partial charge >= 0.3 is 0 Å². The minimum absolute atomic E-state index is 0.177. The molecule has 1 aliphatic heterocycles. The number of rotatable bonds is 2. The summed E-state index contributed by atoms with van der Waals surface area (Å²) in [5.74, 6) is -0.177. The van der Waals surface area contributed by atoms with E-state index in [4.69, 9.17) is 0 Å². The van der Waals surface area contributed by atoms with Crippen LogP contribution in [0.1, 0.15) is 11.1 Å². The molecule has 1 aliphatic rings. The summed E-state index contributed by atoms with van der Waals surface area (Å²) in [6.45, 7) is 0. The molecule has 3 rings (SSSR count). The van der Waals surface area contributed by atoms with Crippen molar-refractivity contribution >= 4 is 21.6 Å². The summed E-state index contributed by atoms with van der Waals surface area (Å²) >= 11 is 3.48. The van der Waals surface area contributed by atoms with E-state index in [0.29, 0.717) is 6.04 Å². The first-order valence-electron chi connectivity index (χ1n) is 6.01. The van der Waals surface area contributed by atoms with Crippen LogP contribution in [-0.2, 0) is 12.8 Å². The van der Waals surface area contributed by atoms with Crippen molar-refractivity contribution in [1.82, 2.24) is 0 Å². The van der Waals surface area contributed by atoms with E-state index in [1.807, 2.05) is 6.07 Å². The summed E-state index contributed by atoms with van der Waals surface area (Å²) in [7, 11) is 0. The predicted molar refractivity (Wildman–Crippen MR) is 75.4 cm³/mol. The molecule has 1 nitrogen and oxygen atoms in total. The van der Waals surface area contributed by atoms with Crippen LogP contribution < -0.4 is 5.32 Å². The molecule has 2 aromatic rings. The zero-order valence-electron chi connectivity index (χ0n) is 9.79. The van der Waals surface area contributed by atoms with Gasteiger partial charge in [0.2, 0.25) is 0 Å². The molecule has 0 spiro atoms. The van der Waals surface area contributed by atoms with Crippen LogP contribution in [0.3, 0.4) is 0 Å². The average molecular weight is 306 g/mol. The molecule has 0 amide bonds. The zero-order chi connectivity index (χ0) is 12.5. The molecule has 1 N–H and O–H groups in total. The van der Waals surface area contributed by atoms with Gasteiger partial charge in [0.05, 0.1) is 0 Å². The third-order valence-electron chi connectivity index (χ3n) is 3.32. The Balaban J connectivity index is 1.78. The topological polar surface area (TPSA) is 12.0 Å². The third-order valence-corrected chi connectivity index (χ3v) is 4.09. The SMILES string of the molecule is Fc1ccc(Br)c(CC2Cc3ccccc3N2)c1. The van der Waals surface area contributed by atoms with E-state index in [2.05, 4.69) is 39.4 Å². The van der Waals surface area contributed by atoms with Crippen LogP contribution in [0.5, 0.6) is 0 Å². The van der Waals surface area contributed by atoms with Gasteiger partial charge in [-0.05, 0) is 48.2 Å². The number of anilines is 1. The maximum atomic E-state index is 13.2. The summed E-state index contributed by atoms with van der Waals surface area (Å²) in [5.41, 5.74) is 3.56. The Bertz CT molecular complexity index is 557. The quantitative estimate of drug-likeness (QED) is 0.878. The molecule has 1 heterocycles. The molecule has 0 saturated carbocycles. The minimum Gasteiger partial charge on any atom is -0.381 e. The van der Waals surface area contributed by atoms with E-state index in [9.17, 15) is 4.39 Å². The normalized spacial score (nSPS) is 17.3. The van der Waals surface area contributed by atoms with Crippen molar-refractivity contribution in [3.63, 3.8) is 0 Å². The van der Waals surface area contributed by atoms with Crippen LogP contribution in [0, 0.1) is 5.82 Å². The maximum Gasteiger partial charge on any atom is 0.123 e. The standard InChI is InChI=1S/C15H13BrFN/c16-14-6-5-12(17)7-11(14)9-13-8-10-3-1-2-4-15(10)18-13/h1-7,13,18H,8-9H2. The molecule has 2 aromatic carbocycles. The molecule has 0 fully saturated rings. The smallest absolute Gasteiger partial charge is 0.123 e. The second-order valence-corrected chi connectivity index (χ2v) is 5.50. The Hall–Kier alpha value is -1.35. The van der Waals surface area contributed by atoms with Gasteiger partial charge in [-0.3, -0.25) is 0 Å². The summed E-state index contributed by atoms with van der Waals surface area (Å²) < 4.78 is 14.2. The molecule has 92 valence electrons. The van der Waals surface area contributed by atoms with Crippen LogP contribution >= 0.6 is 15.9 Å². The highest BCUT2D eigenvalue weighted by Gasteiger charge is 2.20. The number of nitrogens with one attached hydrogen (secondary N) is 1. The number of hydrogen-bond acceptors (Lipinski definition) is 1. The Morgan fingerprint density at radius 2 is 2.06 bits per heavy atom. The van der Waals surface area contributed by atoms with Crippen molar-refractivity contribution in [3.05, 3.63) is 63.9 Å². The van der Waals surface area contributed by atoms with Crippen molar-refractivity contribution in [3.8, 4) is 0 Å². The lowest BCUT2D eigenvalue weighted by molar-refractivity contribution is 0.622. The third kappa shape index (κ3) is 2.27. The van der Waals surface area contributed by atoms with E-state index >= 15 is 0 Å². The number of hydrogen-bond donors (Lipinski definition) is 1. The van der Waals surface area contributed by atoms with Crippen molar-refractivity contribution in [2.45, 2.75) is 18.9 Å². The second-order valence-electron chi connectivity index (χ2n) is 4.64. The summed E-state index contributed by atoms with van der Waals surface area (Å²) in [4.78, 5) is 0. The maximum absolute atomic E-state index is 13.2. The van der Waals surface area contributed by atoms with Gasteiger partial charge in [-0.1, -0.05) is 34.1 Å². The molecule has 0 aromatic heterocycles. The molecular formula is C15H13BrFN. The zero-order valence-corrected chi connectivity index (χ0v) is 11.4. The van der Waals surface area contributed by atoms with Crippen LogP contribution in [0.4, 0.5) is 10.1 Å². The Morgan fingerprint density at radius 1 is 1.22 bits per heavy atom. The van der Waals surface area contributed by atoms with E-state index in [0.717, 1.165) is 22.9 Å². The van der Waals surface area contributed by atoms with Crippen molar-refractivity contribution < 1.29 is 4.39 Å². The fourth-order valence-electron chi connectivity index (χ4n) is 2.46. The fourth-order valence-corrected chi connectivity index (χ4v) is 2.87. The number of fused-ring (bicyclic) bond motifs is 1. The second kappa shape index (κ2) is 4.73. The van der Waals surface area contributed by atoms with Crippen LogP contribution in [0.15, 0.2) is 46.9 Å². The molecule has 0 aliphatic carbocycles. The highest BCUT2D eigenvalue weighted by molar-refractivity contribution is 9.10. The van der Waals surface area contributed by atoms with Crippen LogP contribution in [-0.4, -0.2) is 6.04 Å². The van der Waals surface area contributed by atoms with Gasteiger partial charge < -0.3 is 5.32 Å². The Labute approximate surface area is 114 Å². The highest BCUT2D eigenvalue weighted by Crippen LogP contribution is 2.28. The lowest BCUT2D eigenvalue weighted by Gasteiger charge is -2.12. The van der Waals surface area contributed by atoms with Crippen molar-refractivity contribution in [2.75, 3.05) is 5.32 Å². The van der Waals surface area contributed by atoms with Gasteiger partial charge in [0.1, 0.15) is 5.82 Å². The Morgan fingerprint density at radius 3 is 2.89 bits per heavy atom. The van der Waals surface area contributed by atoms with Crippen LogP contribution in [0.25, 0.3) is 0 Å². The van der Waals surface area contributed by atoms with Crippen molar-refractivity contribution in [2.24, 2.45) is 0 Å². The van der Waals surface area contributed by atoms with Crippen LogP contribution in [0.2, 0.25) is 0 Å². The molecule has 0 saturated heterocycles. The summed E-state index contributed by atoms with van der Waals surface area (Å²) in [6, 6.07) is 13.5. The first-order valence-corrected chi connectivity index (χ1v) is 6.80. The average Bonchev–Trinajstić information content (AvgIpc) is 2.76. The molecule has 3 heteroatoms. The summed E-state index contributed by atoms with van der Waals surface area (Å²) in [5, 5.41) is 3.49. The number of para-hydroxylation sites is 1. The number of halogens is 2. The molecule has 0 bridgehead atoms. The number of benzene rings is 2. The largest absolute Gasteiger partial charge is 0.381 e. The molecule has 18 heavy (non-hydrogen) atoms. The van der Waals surface area contributed by atoms with Crippen molar-refractivity contribution in [1.29, 1.82) is 0 Å². The van der Waals surface area contributed by atoms with Gasteiger partial charge in [0.15, 0.2) is 0 Å². The lowest BCUT2D eigenvalue weighted by Crippen LogP contribution is -2.18. The molecule has 1 atom stereocenters. The molecular weight excluding hydrogens is 293 g/mol. The van der Waals surface area contributed by atoms with Gasteiger partial charge in [-0.25, -0.2) is 4.39 Å². The lowest BCUT2D eigenvalue weighted by atomic mass is 10.0. The van der Waals surface area contributed by atoms with E-state index in [1.165, 1.54) is 17.3 Å². The van der Waals surface area contributed by atoms with Gasteiger partial charge in [0.25, 0.3) is 0 Å². The summed E-state index contributed by atoms with van der Waals surface area (Å²) in [6.07, 6.45) is 1.83. The minimum atomic E-state index is -0.177. The highest BCUT2D eigenvalue weighted by atomic mass is 79.9. The first kappa shape index (κ1) is 11.7.